The molecule has 0 bridgehead atoms. The van der Waals surface area contributed by atoms with Gasteiger partial charge >= 0.3 is 0 Å². The van der Waals surface area contributed by atoms with Crippen LogP contribution >= 0.6 is 22.9 Å². The first kappa shape index (κ1) is 17.3. The number of fused-ring (bicyclic) bond motifs is 1. The molecule has 1 aliphatic carbocycles. The van der Waals surface area contributed by atoms with Gasteiger partial charge in [-0.2, -0.15) is 0 Å². The number of hydrogen-bond donors (Lipinski definition) is 2. The molecule has 134 valence electrons. The zero-order chi connectivity index (χ0) is 17.4. The van der Waals surface area contributed by atoms with Gasteiger partial charge in [0.1, 0.15) is 0 Å². The topological polar surface area (TPSA) is 48.4 Å². The summed E-state index contributed by atoms with van der Waals surface area (Å²) in [5.74, 6) is 0. The average Bonchev–Trinajstić information content (AvgIpc) is 3.24. The molecule has 2 aromatic rings. The molecule has 1 saturated heterocycles. The maximum atomic E-state index is 10.1. The van der Waals surface area contributed by atoms with Crippen LogP contribution in [0.1, 0.15) is 53.5 Å². The molecule has 4 rings (SSSR count). The number of aliphatic hydroxyl groups is 1. The first-order valence-corrected chi connectivity index (χ1v) is 10.3. The largest absolute Gasteiger partial charge is 0.387 e. The van der Waals surface area contributed by atoms with Gasteiger partial charge in [0.25, 0.3) is 0 Å². The molecule has 0 saturated carbocycles. The Morgan fingerprint density at radius 1 is 1.32 bits per heavy atom. The summed E-state index contributed by atoms with van der Waals surface area (Å²) in [6, 6.07) is 4.01. The molecule has 2 heterocycles. The molecule has 1 aliphatic heterocycles. The van der Waals surface area contributed by atoms with E-state index >= 15 is 0 Å². The lowest BCUT2D eigenvalue weighted by atomic mass is 10.0. The van der Waals surface area contributed by atoms with Crippen molar-refractivity contribution in [1.82, 2.24) is 9.88 Å². The van der Waals surface area contributed by atoms with E-state index in [1.54, 1.807) is 11.3 Å². The van der Waals surface area contributed by atoms with Gasteiger partial charge in [0, 0.05) is 22.1 Å². The Labute approximate surface area is 157 Å². The second-order valence-corrected chi connectivity index (χ2v) is 8.53. The summed E-state index contributed by atoms with van der Waals surface area (Å²) in [6.07, 6.45) is 5.02. The number of halogens is 1. The molecule has 1 aromatic heterocycles. The first-order chi connectivity index (χ1) is 12.1. The number of likely N-dealkylation sites (tertiary alicyclic amines) is 1. The van der Waals surface area contributed by atoms with Crippen LogP contribution in [0, 0.1) is 6.92 Å². The smallest absolute Gasteiger partial charge is 0.187 e. The Balaban J connectivity index is 1.58. The van der Waals surface area contributed by atoms with E-state index in [9.17, 15) is 5.11 Å². The summed E-state index contributed by atoms with van der Waals surface area (Å²) in [6.45, 7) is 5.35. The van der Waals surface area contributed by atoms with Crippen molar-refractivity contribution in [3.63, 3.8) is 0 Å². The number of hydrogen-bond acceptors (Lipinski definition) is 5. The summed E-state index contributed by atoms with van der Waals surface area (Å²) in [4.78, 5) is 8.32. The molecule has 4 nitrogen and oxygen atoms in total. The van der Waals surface area contributed by atoms with E-state index in [0.29, 0.717) is 0 Å². The highest BCUT2D eigenvalue weighted by molar-refractivity contribution is 7.15. The predicted molar refractivity (Wildman–Crippen MR) is 104 cm³/mol. The Bertz CT molecular complexity index is 770. The lowest BCUT2D eigenvalue weighted by molar-refractivity contribution is 0.153. The lowest BCUT2D eigenvalue weighted by Crippen LogP contribution is -2.19. The maximum Gasteiger partial charge on any atom is 0.187 e. The number of thiazole rings is 1. The lowest BCUT2D eigenvalue weighted by Gasteiger charge is -2.19. The molecule has 0 spiro atoms. The molecule has 0 radical (unpaired) electrons. The van der Waals surface area contributed by atoms with Crippen molar-refractivity contribution < 1.29 is 5.11 Å². The summed E-state index contributed by atoms with van der Waals surface area (Å²) < 4.78 is 0. The minimum absolute atomic E-state index is 0.410. The molecule has 1 unspecified atom stereocenters. The minimum Gasteiger partial charge on any atom is -0.387 e. The monoisotopic (exact) mass is 377 g/mol. The number of aromatic nitrogens is 1. The van der Waals surface area contributed by atoms with Crippen LogP contribution in [-0.2, 0) is 13.0 Å². The zero-order valence-corrected chi connectivity index (χ0v) is 16.1. The minimum atomic E-state index is -0.410. The highest BCUT2D eigenvalue weighted by atomic mass is 35.5. The van der Waals surface area contributed by atoms with Crippen molar-refractivity contribution in [1.29, 1.82) is 0 Å². The third kappa shape index (κ3) is 3.56. The van der Waals surface area contributed by atoms with Crippen LogP contribution in [0.4, 0.5) is 10.8 Å². The van der Waals surface area contributed by atoms with Crippen molar-refractivity contribution in [2.24, 2.45) is 0 Å². The fourth-order valence-electron chi connectivity index (χ4n) is 3.78. The van der Waals surface area contributed by atoms with Crippen LogP contribution in [-0.4, -0.2) is 28.1 Å². The fourth-order valence-corrected chi connectivity index (χ4v) is 5.12. The van der Waals surface area contributed by atoms with E-state index in [4.69, 9.17) is 11.6 Å². The van der Waals surface area contributed by atoms with Crippen molar-refractivity contribution >= 4 is 33.8 Å². The van der Waals surface area contributed by atoms with Gasteiger partial charge in [-0.05, 0) is 75.4 Å². The number of nitrogens with zero attached hydrogens (tertiary/aromatic N) is 2. The van der Waals surface area contributed by atoms with Crippen molar-refractivity contribution in [2.45, 2.75) is 51.7 Å². The quantitative estimate of drug-likeness (QED) is 0.802. The van der Waals surface area contributed by atoms with Gasteiger partial charge in [-0.25, -0.2) is 4.98 Å². The first-order valence-electron chi connectivity index (χ1n) is 9.07. The standard InChI is InChI=1S/C19H24ClN3OS/c1-12-13(11-23-9-2-3-10-23)14(20)7-8-15(12)21-19-22-18-16(24)5-4-6-17(18)25-19/h7-8,16,24H,2-6,9-11H2,1H3,(H,21,22). The van der Waals surface area contributed by atoms with Crippen molar-refractivity contribution in [3.8, 4) is 0 Å². The molecule has 1 atom stereocenters. The van der Waals surface area contributed by atoms with E-state index in [-0.39, 0.29) is 0 Å². The Kier molecular flexibility index (Phi) is 5.00. The SMILES string of the molecule is Cc1c(Nc2nc3c(s2)CCCC3O)ccc(Cl)c1CN1CCCC1. The summed E-state index contributed by atoms with van der Waals surface area (Å²) in [5, 5.41) is 15.3. The van der Waals surface area contributed by atoms with E-state index < -0.39 is 6.10 Å². The molecule has 2 N–H and O–H groups in total. The van der Waals surface area contributed by atoms with Gasteiger partial charge in [0.05, 0.1) is 11.8 Å². The highest BCUT2D eigenvalue weighted by Gasteiger charge is 2.23. The molecule has 1 aromatic carbocycles. The third-order valence-corrected chi connectivity index (χ3v) is 6.69. The van der Waals surface area contributed by atoms with Crippen LogP contribution in [0.15, 0.2) is 12.1 Å². The van der Waals surface area contributed by atoms with Crippen molar-refractivity contribution in [3.05, 3.63) is 38.9 Å². The Morgan fingerprint density at radius 3 is 2.88 bits per heavy atom. The third-order valence-electron chi connectivity index (χ3n) is 5.29. The summed E-state index contributed by atoms with van der Waals surface area (Å²) in [7, 11) is 0. The van der Waals surface area contributed by atoms with Gasteiger partial charge in [0.2, 0.25) is 0 Å². The molecule has 1 fully saturated rings. The normalized spacial score (nSPS) is 20.7. The van der Waals surface area contributed by atoms with Gasteiger partial charge < -0.3 is 10.4 Å². The highest BCUT2D eigenvalue weighted by Crippen LogP contribution is 2.37. The number of nitrogens with one attached hydrogen (secondary N) is 1. The zero-order valence-electron chi connectivity index (χ0n) is 14.5. The molecule has 25 heavy (non-hydrogen) atoms. The van der Waals surface area contributed by atoms with Crippen LogP contribution in [0.25, 0.3) is 0 Å². The number of aryl methyl sites for hydroxylation is 1. The van der Waals surface area contributed by atoms with Crippen molar-refractivity contribution in [2.75, 3.05) is 18.4 Å². The Morgan fingerprint density at radius 2 is 2.12 bits per heavy atom. The van der Waals surface area contributed by atoms with E-state index in [1.165, 1.54) is 28.8 Å². The van der Waals surface area contributed by atoms with E-state index in [0.717, 1.165) is 60.4 Å². The van der Waals surface area contributed by atoms with Crippen LogP contribution < -0.4 is 5.32 Å². The molecule has 6 heteroatoms. The van der Waals surface area contributed by atoms with Gasteiger partial charge in [-0.15, -0.1) is 11.3 Å². The average molecular weight is 378 g/mol. The molecular formula is C19H24ClN3OS. The van der Waals surface area contributed by atoms with Crippen LogP contribution in [0.5, 0.6) is 0 Å². The predicted octanol–water partition coefficient (Wildman–Crippen LogP) is 4.81. The Hall–Kier alpha value is -1.14. The number of aliphatic hydroxyl groups excluding tert-OH is 1. The van der Waals surface area contributed by atoms with Crippen LogP contribution in [0.2, 0.25) is 5.02 Å². The molecular weight excluding hydrogens is 354 g/mol. The number of anilines is 2. The van der Waals surface area contributed by atoms with E-state index in [2.05, 4.69) is 22.1 Å². The second-order valence-electron chi connectivity index (χ2n) is 7.04. The fraction of sp³-hybridized carbons (Fsp3) is 0.526. The second kappa shape index (κ2) is 7.23. The van der Waals surface area contributed by atoms with Gasteiger partial charge in [-0.1, -0.05) is 11.6 Å². The number of benzene rings is 1. The summed E-state index contributed by atoms with van der Waals surface area (Å²) in [5.41, 5.74) is 4.31. The number of rotatable bonds is 4. The molecule has 0 amide bonds. The van der Waals surface area contributed by atoms with Gasteiger partial charge in [0.15, 0.2) is 5.13 Å². The molecule has 2 aliphatic rings. The maximum absolute atomic E-state index is 10.1. The van der Waals surface area contributed by atoms with Gasteiger partial charge in [-0.3, -0.25) is 4.90 Å². The van der Waals surface area contributed by atoms with Crippen LogP contribution in [0.3, 0.4) is 0 Å². The summed E-state index contributed by atoms with van der Waals surface area (Å²) >= 11 is 8.14. The van der Waals surface area contributed by atoms with E-state index in [1.807, 2.05) is 12.1 Å².